The van der Waals surface area contributed by atoms with Gasteiger partial charge in [0.1, 0.15) is 5.82 Å². The molecule has 0 atom stereocenters. The van der Waals surface area contributed by atoms with E-state index in [1.54, 1.807) is 19.1 Å². The Balaban J connectivity index is 2.07. The molecule has 0 bridgehead atoms. The Morgan fingerprint density at radius 3 is 2.50 bits per heavy atom. The van der Waals surface area contributed by atoms with Gasteiger partial charge in [-0.3, -0.25) is 10.6 Å². The van der Waals surface area contributed by atoms with Crippen LogP contribution in [0.1, 0.15) is 37.7 Å². The van der Waals surface area contributed by atoms with E-state index in [4.69, 9.17) is 0 Å². The van der Waals surface area contributed by atoms with Gasteiger partial charge in [-0.15, -0.1) is 0 Å². The van der Waals surface area contributed by atoms with Crippen LogP contribution in [-0.2, 0) is 10.0 Å². The molecule has 1 aliphatic carbocycles. The third kappa shape index (κ3) is 4.67. The second-order valence-electron chi connectivity index (χ2n) is 5.90. The number of imide groups is 1. The van der Waals surface area contributed by atoms with Crippen LogP contribution in [0.4, 0.5) is 15.4 Å². The monoisotopic (exact) mass is 354 g/mol. The maximum atomic E-state index is 12.3. The van der Waals surface area contributed by atoms with Gasteiger partial charge in [0.05, 0.1) is 6.26 Å². The molecule has 2 N–H and O–H groups in total. The van der Waals surface area contributed by atoms with Gasteiger partial charge in [-0.2, -0.15) is 0 Å². The van der Waals surface area contributed by atoms with Crippen molar-refractivity contribution in [3.05, 3.63) is 23.9 Å². The van der Waals surface area contributed by atoms with E-state index in [9.17, 15) is 18.0 Å². The maximum absolute atomic E-state index is 12.3. The van der Waals surface area contributed by atoms with Crippen LogP contribution in [-0.4, -0.2) is 42.1 Å². The summed E-state index contributed by atoms with van der Waals surface area (Å²) >= 11 is 0. The summed E-state index contributed by atoms with van der Waals surface area (Å²) in [5.41, 5.74) is 0.729. The normalized spacial score (nSPS) is 15.6. The molecule has 1 fully saturated rings. The number of urea groups is 2. The molecule has 1 aliphatic rings. The summed E-state index contributed by atoms with van der Waals surface area (Å²) in [6.45, 7) is 1.76. The summed E-state index contributed by atoms with van der Waals surface area (Å²) in [5.74, 6) is 0.311. The minimum Gasteiger partial charge on any atom is -0.292 e. The minimum absolute atomic E-state index is 0.311. The fraction of sp³-hybridized carbons (Fsp3) is 0.533. The maximum Gasteiger partial charge on any atom is 0.339 e. The Morgan fingerprint density at radius 1 is 1.25 bits per heavy atom. The van der Waals surface area contributed by atoms with Crippen molar-refractivity contribution in [1.29, 1.82) is 0 Å². The first-order chi connectivity index (χ1) is 11.3. The van der Waals surface area contributed by atoms with Gasteiger partial charge in [-0.05, 0) is 31.4 Å². The number of hydrogen-bond donors (Lipinski definition) is 2. The molecule has 4 amide bonds. The smallest absolute Gasteiger partial charge is 0.292 e. The van der Waals surface area contributed by atoms with Crippen LogP contribution in [0.5, 0.6) is 0 Å². The third-order valence-electron chi connectivity index (χ3n) is 3.93. The predicted molar refractivity (Wildman–Crippen MR) is 90.1 cm³/mol. The summed E-state index contributed by atoms with van der Waals surface area (Å²) in [4.78, 5) is 28.3. The van der Waals surface area contributed by atoms with Crippen LogP contribution in [0, 0.1) is 6.92 Å². The lowest BCUT2D eigenvalue weighted by molar-refractivity contribution is 0.199. The number of hydrogen-bond acceptors (Lipinski definition) is 5. The van der Waals surface area contributed by atoms with E-state index in [0.29, 0.717) is 18.7 Å². The zero-order valence-corrected chi connectivity index (χ0v) is 14.6. The number of nitrogens with zero attached hydrogens (tertiary/aromatic N) is 2. The van der Waals surface area contributed by atoms with Gasteiger partial charge in [0.25, 0.3) is 0 Å². The van der Waals surface area contributed by atoms with Gasteiger partial charge < -0.3 is 0 Å². The highest BCUT2D eigenvalue weighted by atomic mass is 32.2. The molecule has 8 nitrogen and oxygen atoms in total. The molecule has 0 spiro atoms. The quantitative estimate of drug-likeness (QED) is 0.865. The summed E-state index contributed by atoms with van der Waals surface area (Å²) in [6, 6.07) is 1.33. The summed E-state index contributed by atoms with van der Waals surface area (Å²) in [7, 11) is -3.76. The van der Waals surface area contributed by atoms with E-state index in [1.807, 2.05) is 0 Å². The minimum atomic E-state index is -3.76. The van der Waals surface area contributed by atoms with Gasteiger partial charge in [0.15, 0.2) is 0 Å². The zero-order chi connectivity index (χ0) is 17.7. The van der Waals surface area contributed by atoms with Gasteiger partial charge in [-0.1, -0.05) is 25.3 Å². The van der Waals surface area contributed by atoms with Gasteiger partial charge in [0, 0.05) is 12.2 Å². The molecule has 0 aromatic carbocycles. The predicted octanol–water partition coefficient (Wildman–Crippen LogP) is 2.23. The highest BCUT2D eigenvalue weighted by molar-refractivity contribution is 7.88. The van der Waals surface area contributed by atoms with E-state index >= 15 is 0 Å². The van der Waals surface area contributed by atoms with Crippen LogP contribution >= 0.6 is 0 Å². The molecular formula is C15H22N4O4S. The largest absolute Gasteiger partial charge is 0.339 e. The Kier molecular flexibility index (Phi) is 5.76. The summed E-state index contributed by atoms with van der Waals surface area (Å²) in [5, 5.41) is 4.52. The van der Waals surface area contributed by atoms with E-state index in [1.165, 1.54) is 6.20 Å². The number of pyridine rings is 1. The molecule has 0 saturated heterocycles. The molecule has 1 aromatic heterocycles. The first-order valence-electron chi connectivity index (χ1n) is 7.82. The van der Waals surface area contributed by atoms with Crippen molar-refractivity contribution >= 4 is 27.9 Å². The van der Waals surface area contributed by atoms with Crippen molar-refractivity contribution in [1.82, 2.24) is 14.6 Å². The molecule has 2 rings (SSSR count). The summed E-state index contributed by atoms with van der Waals surface area (Å²) in [6.07, 6.45) is 6.46. The standard InChI is InChI=1S/C15H22N4O4S/c1-11-7-6-10-16-13(11)17-14(20)18-15(21)19(24(2,22)23)12-8-4-3-5-9-12/h6-7,10,12H,3-5,8-9H2,1-2H3,(H2,16,17,18,20,21). The van der Waals surface area contributed by atoms with E-state index < -0.39 is 28.1 Å². The van der Waals surface area contributed by atoms with Crippen LogP contribution in [0.3, 0.4) is 0 Å². The van der Waals surface area contributed by atoms with Crippen LogP contribution in [0.15, 0.2) is 18.3 Å². The first kappa shape index (κ1) is 18.2. The highest BCUT2D eigenvalue weighted by Gasteiger charge is 2.33. The number of sulfonamides is 1. The Morgan fingerprint density at radius 2 is 1.92 bits per heavy atom. The van der Waals surface area contributed by atoms with E-state index in [-0.39, 0.29) is 0 Å². The van der Waals surface area contributed by atoms with Crippen molar-refractivity contribution in [2.45, 2.75) is 45.1 Å². The summed E-state index contributed by atoms with van der Waals surface area (Å²) < 4.78 is 24.8. The number of aromatic nitrogens is 1. The molecule has 0 aliphatic heterocycles. The molecule has 9 heteroatoms. The van der Waals surface area contributed by atoms with Gasteiger partial charge >= 0.3 is 12.1 Å². The molecule has 132 valence electrons. The lowest BCUT2D eigenvalue weighted by Gasteiger charge is -2.32. The fourth-order valence-electron chi connectivity index (χ4n) is 2.81. The number of nitrogens with one attached hydrogen (secondary N) is 2. The first-order valence-corrected chi connectivity index (χ1v) is 9.67. The number of amides is 4. The highest BCUT2D eigenvalue weighted by Crippen LogP contribution is 2.24. The van der Waals surface area contributed by atoms with Crippen LogP contribution < -0.4 is 10.6 Å². The van der Waals surface area contributed by atoms with Crippen molar-refractivity contribution in [2.75, 3.05) is 11.6 Å². The van der Waals surface area contributed by atoms with Crippen molar-refractivity contribution in [3.8, 4) is 0 Å². The Hall–Kier alpha value is -2.16. The zero-order valence-electron chi connectivity index (χ0n) is 13.8. The SMILES string of the molecule is Cc1cccnc1NC(=O)NC(=O)N(C1CCCCC1)S(C)(=O)=O. The molecule has 1 aromatic rings. The number of aryl methyl sites for hydroxylation is 1. The second kappa shape index (κ2) is 7.61. The molecule has 1 saturated carbocycles. The molecule has 0 unspecified atom stereocenters. The third-order valence-corrected chi connectivity index (χ3v) is 5.10. The van der Waals surface area contributed by atoms with Crippen LogP contribution in [0.25, 0.3) is 0 Å². The van der Waals surface area contributed by atoms with Gasteiger partial charge in [0.2, 0.25) is 10.0 Å². The number of rotatable bonds is 3. The fourth-order valence-corrected chi connectivity index (χ4v) is 3.91. The lowest BCUT2D eigenvalue weighted by atomic mass is 9.96. The van der Waals surface area contributed by atoms with Crippen molar-refractivity contribution in [2.24, 2.45) is 0 Å². The average molecular weight is 354 g/mol. The Labute approximate surface area is 141 Å². The van der Waals surface area contributed by atoms with E-state index in [0.717, 1.165) is 35.4 Å². The van der Waals surface area contributed by atoms with Crippen molar-refractivity contribution < 1.29 is 18.0 Å². The Bertz CT molecular complexity index is 714. The number of carbonyl (C=O) groups is 2. The average Bonchev–Trinajstić information content (AvgIpc) is 2.49. The van der Waals surface area contributed by atoms with Gasteiger partial charge in [-0.25, -0.2) is 27.3 Å². The van der Waals surface area contributed by atoms with Crippen LogP contribution in [0.2, 0.25) is 0 Å². The van der Waals surface area contributed by atoms with E-state index in [2.05, 4.69) is 15.6 Å². The molecular weight excluding hydrogens is 332 g/mol. The lowest BCUT2D eigenvalue weighted by Crippen LogP contribution is -2.52. The second-order valence-corrected chi connectivity index (χ2v) is 7.76. The molecule has 0 radical (unpaired) electrons. The topological polar surface area (TPSA) is 108 Å². The molecule has 24 heavy (non-hydrogen) atoms. The molecule has 1 heterocycles. The number of anilines is 1. The van der Waals surface area contributed by atoms with Crippen molar-refractivity contribution in [3.63, 3.8) is 0 Å². The number of carbonyl (C=O) groups excluding carboxylic acids is 2.